The molecule has 21 heavy (non-hydrogen) atoms. The normalized spacial score (nSPS) is 13.0. The van der Waals surface area contributed by atoms with E-state index in [0.717, 1.165) is 11.3 Å². The number of nitrogens with one attached hydrogen (secondary N) is 3. The summed E-state index contributed by atoms with van der Waals surface area (Å²) in [6.45, 7) is 3.49. The molecule has 0 spiro atoms. The molecular formula is C14H19N3O3S. The largest absolute Gasteiger partial charge is 0.382 e. The highest BCUT2D eigenvalue weighted by Gasteiger charge is 2.13. The molecule has 0 fully saturated rings. The summed E-state index contributed by atoms with van der Waals surface area (Å²) in [4.78, 5) is 11.1. The second-order valence-corrected chi connectivity index (χ2v) is 7.39. The second kappa shape index (κ2) is 6.17. The first kappa shape index (κ1) is 15.4. The van der Waals surface area contributed by atoms with Crippen molar-refractivity contribution in [2.75, 3.05) is 16.8 Å². The van der Waals surface area contributed by atoms with E-state index in [1.54, 1.807) is 6.92 Å². The van der Waals surface area contributed by atoms with Crippen LogP contribution in [0.3, 0.4) is 0 Å². The summed E-state index contributed by atoms with van der Waals surface area (Å²) in [6.07, 6.45) is 0. The molecule has 2 aromatic rings. The van der Waals surface area contributed by atoms with Gasteiger partial charge in [-0.05, 0) is 24.6 Å². The number of H-pyrrole nitrogens is 2. The minimum atomic E-state index is -2.99. The van der Waals surface area contributed by atoms with Crippen molar-refractivity contribution in [3.63, 3.8) is 0 Å². The number of aromatic nitrogens is 2. The van der Waals surface area contributed by atoms with Gasteiger partial charge in [0.2, 0.25) is 0 Å². The van der Waals surface area contributed by atoms with Gasteiger partial charge in [-0.1, -0.05) is 19.1 Å². The summed E-state index contributed by atoms with van der Waals surface area (Å²) in [5.74, 6) is 0.259. The number of rotatable bonds is 6. The Labute approximate surface area is 123 Å². The minimum absolute atomic E-state index is 0.108. The van der Waals surface area contributed by atoms with Crippen molar-refractivity contribution in [1.29, 1.82) is 0 Å². The van der Waals surface area contributed by atoms with Crippen molar-refractivity contribution in [3.05, 3.63) is 40.7 Å². The summed E-state index contributed by atoms with van der Waals surface area (Å²) < 4.78 is 23.1. The Morgan fingerprint density at radius 3 is 2.38 bits per heavy atom. The van der Waals surface area contributed by atoms with Gasteiger partial charge < -0.3 is 5.32 Å². The van der Waals surface area contributed by atoms with Crippen LogP contribution in [-0.2, 0) is 9.84 Å². The minimum Gasteiger partial charge on any atom is -0.382 e. The van der Waals surface area contributed by atoms with E-state index in [2.05, 4.69) is 15.5 Å². The zero-order valence-electron chi connectivity index (χ0n) is 12.0. The molecule has 1 heterocycles. The fourth-order valence-corrected chi connectivity index (χ4v) is 3.14. The third-order valence-corrected chi connectivity index (χ3v) is 5.04. The first-order valence-electron chi connectivity index (χ1n) is 6.74. The highest BCUT2D eigenvalue weighted by atomic mass is 32.2. The molecular weight excluding hydrogens is 290 g/mol. The average Bonchev–Trinajstić information content (AvgIpc) is 2.85. The highest BCUT2D eigenvalue weighted by molar-refractivity contribution is 7.91. The smallest absolute Gasteiger partial charge is 0.264 e. The van der Waals surface area contributed by atoms with Crippen molar-refractivity contribution >= 4 is 15.5 Å². The van der Waals surface area contributed by atoms with E-state index in [1.807, 2.05) is 31.2 Å². The summed E-state index contributed by atoms with van der Waals surface area (Å²) in [5.41, 5.74) is 2.27. The second-order valence-electron chi connectivity index (χ2n) is 4.99. The van der Waals surface area contributed by atoms with Gasteiger partial charge in [0.25, 0.3) is 5.56 Å². The Morgan fingerprint density at radius 1 is 1.19 bits per heavy atom. The maximum Gasteiger partial charge on any atom is 0.264 e. The van der Waals surface area contributed by atoms with Gasteiger partial charge in [0.05, 0.1) is 11.4 Å². The van der Waals surface area contributed by atoms with Gasteiger partial charge >= 0.3 is 0 Å². The first-order valence-corrected chi connectivity index (χ1v) is 8.57. The predicted octanol–water partition coefficient (Wildman–Crippen LogP) is 1.61. The Morgan fingerprint density at radius 2 is 1.86 bits per heavy atom. The number of aromatic amines is 2. The van der Waals surface area contributed by atoms with E-state index < -0.39 is 9.84 Å². The molecule has 0 aliphatic rings. The molecule has 1 aromatic carbocycles. The number of anilines is 1. The lowest BCUT2D eigenvalue weighted by atomic mass is 10.1. The van der Waals surface area contributed by atoms with E-state index in [0.29, 0.717) is 5.69 Å². The monoisotopic (exact) mass is 309 g/mol. The lowest BCUT2D eigenvalue weighted by Gasteiger charge is -2.15. The van der Waals surface area contributed by atoms with Gasteiger partial charge in [-0.25, -0.2) is 8.42 Å². The van der Waals surface area contributed by atoms with Gasteiger partial charge in [-0.15, -0.1) is 0 Å². The van der Waals surface area contributed by atoms with Crippen molar-refractivity contribution in [3.8, 4) is 11.3 Å². The Kier molecular flexibility index (Phi) is 4.52. The fraction of sp³-hybridized carbons (Fsp3) is 0.357. The average molecular weight is 309 g/mol. The van der Waals surface area contributed by atoms with Crippen molar-refractivity contribution < 1.29 is 8.42 Å². The molecule has 0 amide bonds. The number of hydrogen-bond acceptors (Lipinski definition) is 4. The molecule has 7 heteroatoms. The highest BCUT2D eigenvalue weighted by Crippen LogP contribution is 2.18. The van der Waals surface area contributed by atoms with Crippen LogP contribution in [0, 0.1) is 0 Å². The van der Waals surface area contributed by atoms with Crippen LogP contribution in [0.4, 0.5) is 5.69 Å². The van der Waals surface area contributed by atoms with E-state index in [-0.39, 0.29) is 23.1 Å². The van der Waals surface area contributed by atoms with Crippen molar-refractivity contribution in [2.45, 2.75) is 19.9 Å². The summed E-state index contributed by atoms with van der Waals surface area (Å²) in [6, 6.07) is 8.77. The SMILES string of the molecule is CCS(=O)(=O)CC(C)Nc1ccc(-c2cc(=O)[nH][nH]2)cc1. The van der Waals surface area contributed by atoms with E-state index in [1.165, 1.54) is 6.07 Å². The van der Waals surface area contributed by atoms with Gasteiger partial charge in [-0.3, -0.25) is 15.0 Å². The van der Waals surface area contributed by atoms with E-state index in [9.17, 15) is 13.2 Å². The standard InChI is InChI=1S/C14H19N3O3S/c1-3-21(19,20)9-10(2)15-12-6-4-11(5-7-12)13-8-14(18)17-16-13/h4-8,10,15H,3,9H2,1-2H3,(H2,16,17,18). The molecule has 1 unspecified atom stereocenters. The summed E-state index contributed by atoms with van der Waals surface area (Å²) >= 11 is 0. The maximum atomic E-state index is 11.6. The molecule has 1 atom stereocenters. The van der Waals surface area contributed by atoms with Gasteiger partial charge in [0, 0.05) is 23.5 Å². The van der Waals surface area contributed by atoms with Crippen molar-refractivity contribution in [2.24, 2.45) is 0 Å². The fourth-order valence-electron chi connectivity index (χ4n) is 2.06. The Hall–Kier alpha value is -2.02. The van der Waals surface area contributed by atoms with Crippen molar-refractivity contribution in [1.82, 2.24) is 10.2 Å². The van der Waals surface area contributed by atoms with Gasteiger partial charge in [0.1, 0.15) is 0 Å². The molecule has 6 nitrogen and oxygen atoms in total. The predicted molar refractivity (Wildman–Crippen MR) is 84.3 cm³/mol. The third kappa shape index (κ3) is 4.22. The van der Waals surface area contributed by atoms with Gasteiger partial charge in [-0.2, -0.15) is 0 Å². The van der Waals surface area contributed by atoms with E-state index in [4.69, 9.17) is 0 Å². The lowest BCUT2D eigenvalue weighted by Crippen LogP contribution is -2.26. The van der Waals surface area contributed by atoms with Crippen LogP contribution in [-0.4, -0.2) is 36.2 Å². The molecule has 0 bridgehead atoms. The molecule has 0 saturated heterocycles. The summed E-state index contributed by atoms with van der Waals surface area (Å²) in [7, 11) is -2.99. The Bertz CT molecular complexity index is 744. The number of hydrogen-bond donors (Lipinski definition) is 3. The molecule has 0 aliphatic heterocycles. The molecule has 0 aliphatic carbocycles. The van der Waals surface area contributed by atoms with Crippen LogP contribution < -0.4 is 10.9 Å². The molecule has 2 rings (SSSR count). The quantitative estimate of drug-likeness (QED) is 0.755. The molecule has 0 saturated carbocycles. The molecule has 1 aromatic heterocycles. The molecule has 0 radical (unpaired) electrons. The zero-order valence-corrected chi connectivity index (χ0v) is 12.8. The van der Waals surface area contributed by atoms with Crippen LogP contribution in [0.5, 0.6) is 0 Å². The number of sulfone groups is 1. The lowest BCUT2D eigenvalue weighted by molar-refractivity contribution is 0.593. The Balaban J connectivity index is 2.04. The van der Waals surface area contributed by atoms with Crippen LogP contribution in [0.25, 0.3) is 11.3 Å². The summed E-state index contributed by atoms with van der Waals surface area (Å²) in [5, 5.41) is 8.42. The van der Waals surface area contributed by atoms with Crippen LogP contribution >= 0.6 is 0 Å². The number of benzene rings is 1. The van der Waals surface area contributed by atoms with Crippen LogP contribution in [0.15, 0.2) is 35.1 Å². The van der Waals surface area contributed by atoms with Gasteiger partial charge in [0.15, 0.2) is 9.84 Å². The first-order chi connectivity index (χ1) is 9.89. The zero-order chi connectivity index (χ0) is 15.5. The van der Waals surface area contributed by atoms with Crippen LogP contribution in [0.2, 0.25) is 0 Å². The third-order valence-electron chi connectivity index (χ3n) is 3.15. The maximum absolute atomic E-state index is 11.6. The molecule has 3 N–H and O–H groups in total. The van der Waals surface area contributed by atoms with E-state index >= 15 is 0 Å². The topological polar surface area (TPSA) is 94.8 Å². The molecule has 114 valence electrons. The van der Waals surface area contributed by atoms with Crippen LogP contribution in [0.1, 0.15) is 13.8 Å².